The monoisotopic (exact) mass is 487 g/mol. The Kier molecular flexibility index (Phi) is 7.73. The minimum atomic E-state index is -0.319. The summed E-state index contributed by atoms with van der Waals surface area (Å²) in [5, 5.41) is 16.0. The Labute approximate surface area is 201 Å². The third-order valence-electron chi connectivity index (χ3n) is 5.70. The number of aromatic nitrogens is 3. The first-order valence-electron chi connectivity index (χ1n) is 10.9. The van der Waals surface area contributed by atoms with E-state index in [9.17, 15) is 14.7 Å². The van der Waals surface area contributed by atoms with Crippen LogP contribution < -0.4 is 10.6 Å². The molecule has 1 saturated heterocycles. The average molecular weight is 488 g/mol. The van der Waals surface area contributed by atoms with E-state index in [1.165, 1.54) is 18.5 Å². The van der Waals surface area contributed by atoms with Crippen molar-refractivity contribution in [3.05, 3.63) is 52.4 Å². The van der Waals surface area contributed by atoms with Gasteiger partial charge in [0.25, 0.3) is 5.91 Å². The molecule has 3 aromatic rings. The minimum absolute atomic E-state index is 0.00467. The number of halogens is 1. The van der Waals surface area contributed by atoms with E-state index in [-0.39, 0.29) is 41.0 Å². The van der Waals surface area contributed by atoms with Crippen LogP contribution in [-0.4, -0.2) is 77.4 Å². The fraction of sp³-hybridized carbons (Fsp3) is 0.391. The number of anilines is 1. The van der Waals surface area contributed by atoms with Crippen LogP contribution in [0.3, 0.4) is 0 Å². The molecule has 180 valence electrons. The van der Waals surface area contributed by atoms with Gasteiger partial charge in [-0.1, -0.05) is 11.6 Å². The normalized spacial score (nSPS) is 18.1. The number of nitrogens with one attached hydrogen (secondary N) is 3. The summed E-state index contributed by atoms with van der Waals surface area (Å²) >= 11 is 6.40. The number of H-pyrrole nitrogens is 1. The molecule has 0 unspecified atom stereocenters. The van der Waals surface area contributed by atoms with Gasteiger partial charge in [0.15, 0.2) is 5.78 Å². The molecular weight excluding hydrogens is 462 g/mol. The highest BCUT2D eigenvalue weighted by Crippen LogP contribution is 2.29. The molecule has 0 aliphatic carbocycles. The van der Waals surface area contributed by atoms with Crippen LogP contribution in [-0.2, 0) is 9.47 Å². The predicted molar refractivity (Wildman–Crippen MR) is 126 cm³/mol. The Bertz CT molecular complexity index is 1180. The lowest BCUT2D eigenvalue weighted by Crippen LogP contribution is -2.36. The second kappa shape index (κ2) is 10.9. The molecule has 34 heavy (non-hydrogen) atoms. The highest BCUT2D eigenvalue weighted by atomic mass is 35.5. The molecule has 1 amide bonds. The van der Waals surface area contributed by atoms with Gasteiger partial charge in [-0.05, 0) is 31.0 Å². The first-order valence-corrected chi connectivity index (χ1v) is 11.3. The summed E-state index contributed by atoms with van der Waals surface area (Å²) in [5.74, 6) is -0.111. The maximum absolute atomic E-state index is 13.4. The number of fused-ring (bicyclic) bond motifs is 1. The lowest BCUT2D eigenvalue weighted by molar-refractivity contribution is -0.0224. The van der Waals surface area contributed by atoms with Crippen molar-refractivity contribution in [3.8, 4) is 0 Å². The van der Waals surface area contributed by atoms with Crippen LogP contribution >= 0.6 is 11.6 Å². The topological polar surface area (TPSA) is 138 Å². The highest BCUT2D eigenvalue weighted by Gasteiger charge is 2.25. The summed E-state index contributed by atoms with van der Waals surface area (Å²) in [7, 11) is 1.55. The van der Waals surface area contributed by atoms with Gasteiger partial charge in [0.05, 0.1) is 47.9 Å². The van der Waals surface area contributed by atoms with Crippen LogP contribution in [0.1, 0.15) is 39.1 Å². The van der Waals surface area contributed by atoms with Gasteiger partial charge in [0, 0.05) is 31.0 Å². The summed E-state index contributed by atoms with van der Waals surface area (Å²) < 4.78 is 10.6. The van der Waals surface area contributed by atoms with Gasteiger partial charge in [-0.15, -0.1) is 0 Å². The molecule has 1 aliphatic rings. The number of carbonyl (C=O) groups excluding carboxylic acids is 2. The number of aromatic amines is 1. The van der Waals surface area contributed by atoms with Crippen molar-refractivity contribution in [1.82, 2.24) is 20.3 Å². The molecule has 0 spiro atoms. The van der Waals surface area contributed by atoms with Crippen molar-refractivity contribution in [2.45, 2.75) is 25.0 Å². The molecule has 10 nitrogen and oxygen atoms in total. The maximum Gasteiger partial charge on any atom is 0.251 e. The number of hydrogen-bond donors (Lipinski definition) is 4. The van der Waals surface area contributed by atoms with Crippen molar-refractivity contribution >= 4 is 40.1 Å². The zero-order valence-electron chi connectivity index (χ0n) is 18.6. The smallest absolute Gasteiger partial charge is 0.251 e. The fourth-order valence-electron chi connectivity index (χ4n) is 3.86. The number of benzene rings is 1. The molecule has 2 atom stereocenters. The quantitative estimate of drug-likeness (QED) is 0.266. The highest BCUT2D eigenvalue weighted by molar-refractivity contribution is 6.36. The summed E-state index contributed by atoms with van der Waals surface area (Å²) in [4.78, 5) is 37.3. The van der Waals surface area contributed by atoms with E-state index in [1.807, 2.05) is 0 Å². The first-order chi connectivity index (χ1) is 16.5. The summed E-state index contributed by atoms with van der Waals surface area (Å²) in [6.45, 7) is 1.18. The number of aliphatic hydroxyl groups excluding tert-OH is 1. The van der Waals surface area contributed by atoms with Crippen LogP contribution in [0, 0.1) is 0 Å². The molecule has 3 heterocycles. The van der Waals surface area contributed by atoms with Crippen LogP contribution in [0.2, 0.25) is 5.02 Å². The zero-order valence-corrected chi connectivity index (χ0v) is 19.4. The third-order valence-corrected chi connectivity index (χ3v) is 6.01. The largest absolute Gasteiger partial charge is 0.394 e. The maximum atomic E-state index is 13.4. The van der Waals surface area contributed by atoms with E-state index in [0.29, 0.717) is 47.7 Å². The Morgan fingerprint density at radius 3 is 2.85 bits per heavy atom. The molecule has 1 aliphatic heterocycles. The van der Waals surface area contributed by atoms with Gasteiger partial charge < -0.3 is 30.2 Å². The second-order valence-corrected chi connectivity index (χ2v) is 8.38. The zero-order chi connectivity index (χ0) is 24.1. The van der Waals surface area contributed by atoms with E-state index < -0.39 is 0 Å². The Morgan fingerprint density at radius 1 is 1.29 bits per heavy atom. The number of rotatable bonds is 9. The molecular formula is C23H26ClN5O5. The fourth-order valence-corrected chi connectivity index (χ4v) is 4.13. The number of aliphatic hydroxyl groups is 1. The van der Waals surface area contributed by atoms with Crippen molar-refractivity contribution in [2.24, 2.45) is 0 Å². The standard InChI is InChI=1S/C23H26ClN5O5/c1-33-7-6-25-23(32)13-2-5-16(18(24)8-13)20(31)17-9-26-21-19(17)22(28-12-27-21)29-14-3-4-15(10-30)34-11-14/h2,5,8-9,12,14-15,30H,3-4,6-7,10-11H2,1H3,(H,25,32)(H2,26,27,28,29)/t14-,15+/m1/s1. The molecule has 0 saturated carbocycles. The molecule has 0 radical (unpaired) electrons. The van der Waals surface area contributed by atoms with Crippen molar-refractivity contribution in [1.29, 1.82) is 0 Å². The molecule has 2 aromatic heterocycles. The van der Waals surface area contributed by atoms with Gasteiger partial charge in [0.1, 0.15) is 17.8 Å². The Hall–Kier alpha value is -3.05. The molecule has 1 aromatic carbocycles. The molecule has 1 fully saturated rings. The van der Waals surface area contributed by atoms with Crippen LogP contribution in [0.5, 0.6) is 0 Å². The minimum Gasteiger partial charge on any atom is -0.394 e. The van der Waals surface area contributed by atoms with E-state index in [2.05, 4.69) is 25.6 Å². The lowest BCUT2D eigenvalue weighted by atomic mass is 10.0. The number of carbonyl (C=O) groups is 2. The first kappa shape index (κ1) is 24.1. The second-order valence-electron chi connectivity index (χ2n) is 7.98. The number of hydrogen-bond acceptors (Lipinski definition) is 8. The SMILES string of the molecule is COCCNC(=O)c1ccc(C(=O)c2c[nH]c3ncnc(N[C@@H]4CC[C@@H](CO)OC4)c23)c(Cl)c1. The number of nitrogens with zero attached hydrogens (tertiary/aromatic N) is 2. The van der Waals surface area contributed by atoms with E-state index in [1.54, 1.807) is 19.4 Å². The third kappa shape index (κ3) is 5.20. The molecule has 11 heteroatoms. The van der Waals surface area contributed by atoms with E-state index in [0.717, 1.165) is 12.8 Å². The van der Waals surface area contributed by atoms with Crippen LogP contribution in [0.25, 0.3) is 11.0 Å². The van der Waals surface area contributed by atoms with Crippen molar-refractivity contribution in [3.63, 3.8) is 0 Å². The number of amides is 1. The van der Waals surface area contributed by atoms with Gasteiger partial charge >= 0.3 is 0 Å². The Balaban J connectivity index is 1.57. The average Bonchev–Trinajstić information content (AvgIpc) is 3.29. The number of ketones is 1. The molecule has 0 bridgehead atoms. The van der Waals surface area contributed by atoms with Crippen LogP contribution in [0.15, 0.2) is 30.7 Å². The predicted octanol–water partition coefficient (Wildman–Crippen LogP) is 2.17. The molecule has 4 N–H and O–H groups in total. The van der Waals surface area contributed by atoms with Crippen molar-refractivity contribution in [2.75, 3.05) is 38.8 Å². The van der Waals surface area contributed by atoms with Gasteiger partial charge in [-0.3, -0.25) is 9.59 Å². The van der Waals surface area contributed by atoms with E-state index >= 15 is 0 Å². The molecule has 4 rings (SSSR count). The summed E-state index contributed by atoms with van der Waals surface area (Å²) in [6.07, 6.45) is 4.36. The Morgan fingerprint density at radius 2 is 2.15 bits per heavy atom. The number of methoxy groups -OCH3 is 1. The lowest BCUT2D eigenvalue weighted by Gasteiger charge is -2.29. The number of ether oxygens (including phenoxy) is 2. The van der Waals surface area contributed by atoms with Gasteiger partial charge in [-0.25, -0.2) is 9.97 Å². The van der Waals surface area contributed by atoms with Gasteiger partial charge in [0.2, 0.25) is 0 Å². The van der Waals surface area contributed by atoms with E-state index in [4.69, 9.17) is 21.1 Å². The van der Waals surface area contributed by atoms with Crippen LogP contribution in [0.4, 0.5) is 5.82 Å². The summed E-state index contributed by atoms with van der Waals surface area (Å²) in [5.41, 5.74) is 1.48. The van der Waals surface area contributed by atoms with Crippen molar-refractivity contribution < 1.29 is 24.2 Å². The van der Waals surface area contributed by atoms with Gasteiger partial charge in [-0.2, -0.15) is 0 Å². The summed E-state index contributed by atoms with van der Waals surface area (Å²) in [6, 6.07) is 4.55.